The lowest BCUT2D eigenvalue weighted by atomic mass is 10.0. The molecule has 3 heteroatoms. The monoisotopic (exact) mass is 195 g/mol. The highest BCUT2D eigenvalue weighted by Gasteiger charge is 2.03. The van der Waals surface area contributed by atoms with Crippen molar-refractivity contribution in [2.45, 2.75) is 20.3 Å². The van der Waals surface area contributed by atoms with Gasteiger partial charge < -0.3 is 5.11 Å². The molecule has 0 spiro atoms. The van der Waals surface area contributed by atoms with Gasteiger partial charge in [0.05, 0.1) is 7.11 Å². The van der Waals surface area contributed by atoms with Crippen molar-refractivity contribution < 1.29 is 9.94 Å². The zero-order chi connectivity index (χ0) is 10.6. The first-order valence-electron chi connectivity index (χ1n) is 4.74. The molecule has 0 atom stereocenters. The van der Waals surface area contributed by atoms with E-state index in [-0.39, 0.29) is 5.75 Å². The molecule has 1 aromatic carbocycles. The molecule has 0 radical (unpaired) electrons. The molecule has 0 heterocycles. The molecule has 1 aromatic rings. The van der Waals surface area contributed by atoms with E-state index in [0.717, 1.165) is 6.42 Å². The molecule has 2 N–H and O–H groups in total. The van der Waals surface area contributed by atoms with Gasteiger partial charge in [0.25, 0.3) is 0 Å². The van der Waals surface area contributed by atoms with Crippen LogP contribution in [0.5, 0.6) is 5.75 Å². The van der Waals surface area contributed by atoms with Crippen molar-refractivity contribution in [2.24, 2.45) is 5.92 Å². The van der Waals surface area contributed by atoms with Gasteiger partial charge in [-0.25, -0.2) is 0 Å². The summed E-state index contributed by atoms with van der Waals surface area (Å²) < 4.78 is 0. The van der Waals surface area contributed by atoms with Gasteiger partial charge in [-0.1, -0.05) is 19.9 Å². The Morgan fingerprint density at radius 1 is 1.43 bits per heavy atom. The molecule has 0 bridgehead atoms. The van der Waals surface area contributed by atoms with Gasteiger partial charge in [-0.3, -0.25) is 10.3 Å². The van der Waals surface area contributed by atoms with Gasteiger partial charge in [0.2, 0.25) is 0 Å². The highest BCUT2D eigenvalue weighted by molar-refractivity contribution is 5.55. The van der Waals surface area contributed by atoms with E-state index in [2.05, 4.69) is 19.3 Å². The average molecular weight is 195 g/mol. The van der Waals surface area contributed by atoms with Crippen LogP contribution in [0.4, 0.5) is 5.69 Å². The molecule has 0 saturated heterocycles. The Kier molecular flexibility index (Phi) is 3.77. The van der Waals surface area contributed by atoms with Crippen LogP contribution in [0.15, 0.2) is 18.2 Å². The Hall–Kier alpha value is -1.22. The van der Waals surface area contributed by atoms with Crippen molar-refractivity contribution in [1.82, 2.24) is 0 Å². The number of phenols is 1. The van der Waals surface area contributed by atoms with E-state index in [1.54, 1.807) is 6.07 Å². The van der Waals surface area contributed by atoms with Gasteiger partial charge in [-0.2, -0.15) is 0 Å². The van der Waals surface area contributed by atoms with Gasteiger partial charge in [-0.15, -0.1) is 0 Å². The van der Waals surface area contributed by atoms with Crippen molar-refractivity contribution in [3.63, 3.8) is 0 Å². The smallest absolute Gasteiger partial charge is 0.140 e. The van der Waals surface area contributed by atoms with Crippen LogP contribution in [0.3, 0.4) is 0 Å². The van der Waals surface area contributed by atoms with Crippen LogP contribution in [-0.4, -0.2) is 12.2 Å². The predicted molar refractivity (Wildman–Crippen MR) is 57.3 cm³/mol. The maximum atomic E-state index is 9.46. The first-order chi connectivity index (χ1) is 6.63. The standard InChI is InChI=1S/C11H17NO2/c1-8(2)6-9-4-5-11(13)10(7-9)12-14-3/h4-5,7-8,12-13H,6H2,1-3H3. The fourth-order valence-corrected chi connectivity index (χ4v) is 1.37. The van der Waals surface area contributed by atoms with Crippen molar-refractivity contribution >= 4 is 5.69 Å². The molecular weight excluding hydrogens is 178 g/mol. The van der Waals surface area contributed by atoms with E-state index >= 15 is 0 Å². The zero-order valence-electron chi connectivity index (χ0n) is 8.87. The third-order valence-corrected chi connectivity index (χ3v) is 1.92. The Bertz CT molecular complexity index is 297. The summed E-state index contributed by atoms with van der Waals surface area (Å²) in [5.41, 5.74) is 4.45. The molecule has 0 aliphatic carbocycles. The number of nitrogens with one attached hydrogen (secondary N) is 1. The van der Waals surface area contributed by atoms with Gasteiger partial charge in [-0.05, 0) is 30.0 Å². The molecule has 14 heavy (non-hydrogen) atoms. The molecule has 0 aliphatic heterocycles. The van der Waals surface area contributed by atoms with Crippen molar-refractivity contribution in [3.8, 4) is 5.75 Å². The lowest BCUT2D eigenvalue weighted by molar-refractivity contribution is 0.268. The zero-order valence-corrected chi connectivity index (χ0v) is 8.87. The van der Waals surface area contributed by atoms with Crippen LogP contribution < -0.4 is 5.48 Å². The molecule has 0 unspecified atom stereocenters. The van der Waals surface area contributed by atoms with E-state index < -0.39 is 0 Å². The Balaban J connectivity index is 2.83. The number of rotatable bonds is 4. The van der Waals surface area contributed by atoms with Crippen molar-refractivity contribution in [3.05, 3.63) is 23.8 Å². The van der Waals surface area contributed by atoms with Gasteiger partial charge in [0.15, 0.2) is 0 Å². The molecule has 78 valence electrons. The minimum atomic E-state index is 0.208. The topological polar surface area (TPSA) is 41.5 Å². The molecular formula is C11H17NO2. The van der Waals surface area contributed by atoms with E-state index in [4.69, 9.17) is 4.84 Å². The number of anilines is 1. The maximum Gasteiger partial charge on any atom is 0.140 e. The number of hydrogen-bond acceptors (Lipinski definition) is 3. The van der Waals surface area contributed by atoms with E-state index in [9.17, 15) is 5.11 Å². The summed E-state index contributed by atoms with van der Waals surface area (Å²) in [6.07, 6.45) is 0.999. The molecule has 0 saturated carbocycles. The van der Waals surface area contributed by atoms with Crippen LogP contribution >= 0.6 is 0 Å². The quantitative estimate of drug-likeness (QED) is 0.573. The fourth-order valence-electron chi connectivity index (χ4n) is 1.37. The van der Waals surface area contributed by atoms with Crippen LogP contribution in [0.1, 0.15) is 19.4 Å². The van der Waals surface area contributed by atoms with E-state index in [0.29, 0.717) is 11.6 Å². The molecule has 0 amide bonds. The summed E-state index contributed by atoms with van der Waals surface area (Å²) in [4.78, 5) is 4.76. The van der Waals surface area contributed by atoms with E-state index in [1.807, 2.05) is 12.1 Å². The summed E-state index contributed by atoms with van der Waals surface area (Å²) >= 11 is 0. The molecule has 1 rings (SSSR count). The highest BCUT2D eigenvalue weighted by Crippen LogP contribution is 2.25. The van der Waals surface area contributed by atoms with Gasteiger partial charge in [0, 0.05) is 0 Å². The number of benzene rings is 1. The minimum Gasteiger partial charge on any atom is -0.506 e. The van der Waals surface area contributed by atoms with Crippen LogP contribution in [0.25, 0.3) is 0 Å². The Labute approximate surface area is 84.7 Å². The highest BCUT2D eigenvalue weighted by atomic mass is 16.6. The predicted octanol–water partition coefficient (Wildman–Crippen LogP) is 2.56. The Morgan fingerprint density at radius 3 is 2.71 bits per heavy atom. The number of aromatic hydroxyl groups is 1. The van der Waals surface area contributed by atoms with Gasteiger partial charge in [0.1, 0.15) is 11.4 Å². The lowest BCUT2D eigenvalue weighted by Crippen LogP contribution is -1.99. The molecule has 0 fully saturated rings. The summed E-state index contributed by atoms with van der Waals surface area (Å²) in [6.45, 7) is 4.33. The largest absolute Gasteiger partial charge is 0.506 e. The summed E-state index contributed by atoms with van der Waals surface area (Å²) in [5.74, 6) is 0.814. The number of hydrogen-bond donors (Lipinski definition) is 2. The van der Waals surface area contributed by atoms with Crippen LogP contribution in [0, 0.1) is 5.92 Å². The SMILES string of the molecule is CONc1cc(CC(C)C)ccc1O. The van der Waals surface area contributed by atoms with Gasteiger partial charge >= 0.3 is 0 Å². The third-order valence-electron chi connectivity index (χ3n) is 1.92. The first-order valence-corrected chi connectivity index (χ1v) is 4.74. The third kappa shape index (κ3) is 2.92. The van der Waals surface area contributed by atoms with Crippen LogP contribution in [0.2, 0.25) is 0 Å². The molecule has 0 aliphatic rings. The fraction of sp³-hybridized carbons (Fsp3) is 0.455. The van der Waals surface area contributed by atoms with Crippen molar-refractivity contribution in [2.75, 3.05) is 12.6 Å². The lowest BCUT2D eigenvalue weighted by Gasteiger charge is -2.09. The second-order valence-corrected chi connectivity index (χ2v) is 3.76. The molecule has 3 nitrogen and oxygen atoms in total. The van der Waals surface area contributed by atoms with Crippen LogP contribution in [-0.2, 0) is 11.3 Å². The Morgan fingerprint density at radius 2 is 2.14 bits per heavy atom. The molecule has 0 aromatic heterocycles. The van der Waals surface area contributed by atoms with E-state index in [1.165, 1.54) is 12.7 Å². The normalized spacial score (nSPS) is 10.6. The van der Waals surface area contributed by atoms with Crippen molar-refractivity contribution in [1.29, 1.82) is 0 Å². The minimum absolute atomic E-state index is 0.208. The average Bonchev–Trinajstić information content (AvgIpc) is 2.10. The second kappa shape index (κ2) is 4.86. The first kappa shape index (κ1) is 10.9. The summed E-state index contributed by atoms with van der Waals surface area (Å²) in [7, 11) is 1.52. The summed E-state index contributed by atoms with van der Waals surface area (Å²) in [5, 5.41) is 9.46. The summed E-state index contributed by atoms with van der Waals surface area (Å²) in [6, 6.07) is 5.51. The number of phenolic OH excluding ortho intramolecular Hbond substituents is 1. The second-order valence-electron chi connectivity index (χ2n) is 3.76. The maximum absolute atomic E-state index is 9.46.